The molecule has 0 saturated carbocycles. The topological polar surface area (TPSA) is 54.9 Å². The molecule has 1 saturated heterocycles. The van der Waals surface area contributed by atoms with E-state index in [4.69, 9.17) is 9.47 Å². The summed E-state index contributed by atoms with van der Waals surface area (Å²) < 4.78 is 11.4. The molecule has 1 aliphatic rings. The standard InChI is InChI=1S/C22H37N3O2/c1-17(2)5-6-18(3)25-22(23-4)24-15-19-7-9-20(10-8-19)16-27-21-11-13-26-14-12-21/h7-10,17-18,21H,5-6,11-16H2,1-4H3,(H2,23,24,25). The molecule has 1 aliphatic heterocycles. The summed E-state index contributed by atoms with van der Waals surface area (Å²) in [4.78, 5) is 4.33. The minimum Gasteiger partial charge on any atom is -0.381 e. The largest absolute Gasteiger partial charge is 0.381 e. The SMILES string of the molecule is CN=C(NCc1ccc(COC2CCOCC2)cc1)NC(C)CCC(C)C. The molecule has 2 N–H and O–H groups in total. The molecule has 1 fully saturated rings. The van der Waals surface area contributed by atoms with Crippen LogP contribution in [0, 0.1) is 5.92 Å². The van der Waals surface area contributed by atoms with Crippen molar-refractivity contribution in [3.05, 3.63) is 35.4 Å². The van der Waals surface area contributed by atoms with E-state index in [-0.39, 0.29) is 0 Å². The van der Waals surface area contributed by atoms with Crippen LogP contribution in [0.2, 0.25) is 0 Å². The van der Waals surface area contributed by atoms with Crippen LogP contribution in [-0.2, 0) is 22.6 Å². The van der Waals surface area contributed by atoms with Crippen molar-refractivity contribution in [3.8, 4) is 0 Å². The zero-order chi connectivity index (χ0) is 19.5. The first-order valence-electron chi connectivity index (χ1n) is 10.3. The van der Waals surface area contributed by atoms with Gasteiger partial charge in [0.2, 0.25) is 0 Å². The Labute approximate surface area is 164 Å². The minimum absolute atomic E-state index is 0.340. The number of guanidine groups is 1. The molecule has 152 valence electrons. The Morgan fingerprint density at radius 2 is 1.78 bits per heavy atom. The van der Waals surface area contributed by atoms with Gasteiger partial charge in [-0.15, -0.1) is 0 Å². The van der Waals surface area contributed by atoms with Crippen molar-refractivity contribution < 1.29 is 9.47 Å². The van der Waals surface area contributed by atoms with E-state index in [0.717, 1.165) is 50.9 Å². The zero-order valence-electron chi connectivity index (χ0n) is 17.5. The molecule has 5 heteroatoms. The Balaban J connectivity index is 1.71. The lowest BCUT2D eigenvalue weighted by Gasteiger charge is -2.22. The lowest BCUT2D eigenvalue weighted by atomic mass is 10.0. The molecule has 2 rings (SSSR count). The summed E-state index contributed by atoms with van der Waals surface area (Å²) in [6, 6.07) is 9.04. The van der Waals surface area contributed by atoms with Gasteiger partial charge in [0.1, 0.15) is 0 Å². The van der Waals surface area contributed by atoms with E-state index >= 15 is 0 Å². The van der Waals surface area contributed by atoms with Crippen LogP contribution in [0.3, 0.4) is 0 Å². The molecule has 5 nitrogen and oxygen atoms in total. The number of hydrogen-bond acceptors (Lipinski definition) is 3. The second kappa shape index (κ2) is 12.0. The third-order valence-electron chi connectivity index (χ3n) is 4.92. The predicted octanol–water partition coefficient (Wildman–Crippen LogP) is 3.87. The maximum Gasteiger partial charge on any atom is 0.191 e. The lowest BCUT2D eigenvalue weighted by Crippen LogP contribution is -2.41. The van der Waals surface area contributed by atoms with Gasteiger partial charge in [-0.1, -0.05) is 38.1 Å². The van der Waals surface area contributed by atoms with Crippen molar-refractivity contribution in [3.63, 3.8) is 0 Å². The average molecular weight is 376 g/mol. The number of aliphatic imine (C=N–C) groups is 1. The van der Waals surface area contributed by atoms with Crippen LogP contribution in [0.15, 0.2) is 29.3 Å². The van der Waals surface area contributed by atoms with Crippen molar-refractivity contribution in [2.45, 2.75) is 71.8 Å². The molecule has 0 spiro atoms. The number of ether oxygens (including phenoxy) is 2. The summed E-state index contributed by atoms with van der Waals surface area (Å²) in [6.07, 6.45) is 4.73. The summed E-state index contributed by atoms with van der Waals surface area (Å²) in [7, 11) is 1.82. The maximum atomic E-state index is 5.98. The molecule has 0 bridgehead atoms. The lowest BCUT2D eigenvalue weighted by molar-refractivity contribution is -0.0390. The summed E-state index contributed by atoms with van der Waals surface area (Å²) in [5.74, 6) is 1.59. The number of rotatable bonds is 9. The molecular formula is C22H37N3O2. The average Bonchev–Trinajstić information content (AvgIpc) is 2.69. The number of nitrogens with zero attached hydrogens (tertiary/aromatic N) is 1. The number of benzene rings is 1. The van der Waals surface area contributed by atoms with E-state index in [9.17, 15) is 0 Å². The fourth-order valence-electron chi connectivity index (χ4n) is 3.08. The monoisotopic (exact) mass is 375 g/mol. The molecule has 1 heterocycles. The van der Waals surface area contributed by atoms with Gasteiger partial charge in [-0.2, -0.15) is 0 Å². The Bertz CT molecular complexity index is 551. The van der Waals surface area contributed by atoms with Crippen molar-refractivity contribution in [2.75, 3.05) is 20.3 Å². The van der Waals surface area contributed by atoms with Gasteiger partial charge < -0.3 is 20.1 Å². The highest BCUT2D eigenvalue weighted by atomic mass is 16.5. The van der Waals surface area contributed by atoms with E-state index in [1.807, 2.05) is 7.05 Å². The van der Waals surface area contributed by atoms with Crippen LogP contribution in [0.1, 0.15) is 57.6 Å². The molecule has 1 unspecified atom stereocenters. The van der Waals surface area contributed by atoms with Gasteiger partial charge in [-0.25, -0.2) is 0 Å². The summed E-state index contributed by atoms with van der Waals surface area (Å²) in [5, 5.41) is 6.87. The van der Waals surface area contributed by atoms with E-state index in [1.54, 1.807) is 0 Å². The highest BCUT2D eigenvalue weighted by Gasteiger charge is 2.14. The summed E-state index contributed by atoms with van der Waals surface area (Å²) >= 11 is 0. The number of hydrogen-bond donors (Lipinski definition) is 2. The van der Waals surface area contributed by atoms with Gasteiger partial charge in [0.15, 0.2) is 5.96 Å². The Hall–Kier alpha value is -1.59. The third kappa shape index (κ3) is 8.76. The Morgan fingerprint density at radius 1 is 1.11 bits per heavy atom. The molecule has 27 heavy (non-hydrogen) atoms. The molecule has 1 aromatic carbocycles. The van der Waals surface area contributed by atoms with Crippen LogP contribution < -0.4 is 10.6 Å². The highest BCUT2D eigenvalue weighted by molar-refractivity contribution is 5.79. The first kappa shape index (κ1) is 21.7. The van der Waals surface area contributed by atoms with E-state index in [0.29, 0.717) is 18.8 Å². The zero-order valence-corrected chi connectivity index (χ0v) is 17.5. The van der Waals surface area contributed by atoms with Crippen molar-refractivity contribution in [2.24, 2.45) is 10.9 Å². The van der Waals surface area contributed by atoms with Crippen LogP contribution >= 0.6 is 0 Å². The molecule has 1 atom stereocenters. The quantitative estimate of drug-likeness (QED) is 0.508. The van der Waals surface area contributed by atoms with Crippen molar-refractivity contribution >= 4 is 5.96 Å². The normalized spacial score (nSPS) is 17.1. The second-order valence-electron chi connectivity index (χ2n) is 7.88. The maximum absolute atomic E-state index is 5.98. The van der Waals surface area contributed by atoms with Gasteiger partial charge in [0, 0.05) is 32.8 Å². The second-order valence-corrected chi connectivity index (χ2v) is 7.88. The molecule has 0 aliphatic carbocycles. The molecule has 0 amide bonds. The molecule has 0 radical (unpaired) electrons. The van der Waals surface area contributed by atoms with Crippen molar-refractivity contribution in [1.82, 2.24) is 10.6 Å². The minimum atomic E-state index is 0.340. The smallest absolute Gasteiger partial charge is 0.191 e. The summed E-state index contributed by atoms with van der Waals surface area (Å²) in [6.45, 7) is 9.81. The van der Waals surface area contributed by atoms with E-state index < -0.39 is 0 Å². The van der Waals surface area contributed by atoms with Gasteiger partial charge in [-0.05, 0) is 49.7 Å². The predicted molar refractivity (Wildman–Crippen MR) is 112 cm³/mol. The van der Waals surface area contributed by atoms with Gasteiger partial charge in [0.05, 0.1) is 12.7 Å². The van der Waals surface area contributed by atoms with Crippen LogP contribution in [0.5, 0.6) is 0 Å². The van der Waals surface area contributed by atoms with Gasteiger partial charge in [-0.3, -0.25) is 4.99 Å². The van der Waals surface area contributed by atoms with Gasteiger partial charge in [0.25, 0.3) is 0 Å². The van der Waals surface area contributed by atoms with E-state index in [1.165, 1.54) is 17.5 Å². The van der Waals surface area contributed by atoms with Crippen LogP contribution in [-0.4, -0.2) is 38.4 Å². The van der Waals surface area contributed by atoms with E-state index in [2.05, 4.69) is 60.7 Å². The molecule has 1 aromatic rings. The fraction of sp³-hybridized carbons (Fsp3) is 0.682. The molecular weight excluding hydrogens is 338 g/mol. The van der Waals surface area contributed by atoms with Crippen molar-refractivity contribution in [1.29, 1.82) is 0 Å². The van der Waals surface area contributed by atoms with Gasteiger partial charge >= 0.3 is 0 Å². The third-order valence-corrected chi connectivity index (χ3v) is 4.92. The highest BCUT2D eigenvalue weighted by Crippen LogP contribution is 2.14. The summed E-state index contributed by atoms with van der Waals surface area (Å²) in [5.41, 5.74) is 2.46. The molecule has 0 aromatic heterocycles. The Morgan fingerprint density at radius 3 is 2.41 bits per heavy atom. The first-order valence-corrected chi connectivity index (χ1v) is 10.3. The Kier molecular flexibility index (Phi) is 9.64. The van der Waals surface area contributed by atoms with Crippen LogP contribution in [0.4, 0.5) is 0 Å². The first-order chi connectivity index (χ1) is 13.1. The number of nitrogens with one attached hydrogen (secondary N) is 2. The van der Waals surface area contributed by atoms with Crippen LogP contribution in [0.25, 0.3) is 0 Å². The fourth-order valence-corrected chi connectivity index (χ4v) is 3.08.